The Kier molecular flexibility index (Phi) is 4.61. The van der Waals surface area contributed by atoms with E-state index in [1.807, 2.05) is 12.1 Å². The minimum Gasteiger partial charge on any atom is -0.388 e. The van der Waals surface area contributed by atoms with Gasteiger partial charge in [-0.3, -0.25) is 0 Å². The molecule has 1 unspecified atom stereocenters. The van der Waals surface area contributed by atoms with E-state index in [1.165, 1.54) is 22.3 Å². The summed E-state index contributed by atoms with van der Waals surface area (Å²) in [6, 6.07) is 14.7. The Labute approximate surface area is 122 Å². The Morgan fingerprint density at radius 1 is 0.950 bits per heavy atom. The van der Waals surface area contributed by atoms with Crippen LogP contribution in [0.4, 0.5) is 0 Å². The van der Waals surface area contributed by atoms with Crippen molar-refractivity contribution in [3.05, 3.63) is 70.3 Å². The normalized spacial score (nSPS) is 12.7. The number of hydrogen-bond donors (Lipinski definition) is 1. The molecule has 1 nitrogen and oxygen atoms in total. The fourth-order valence-corrected chi connectivity index (χ4v) is 2.51. The van der Waals surface area contributed by atoms with Crippen LogP contribution < -0.4 is 0 Å². The fraction of sp³-hybridized carbons (Fsp3) is 0.368. The third kappa shape index (κ3) is 3.29. The van der Waals surface area contributed by atoms with Crippen LogP contribution in [0.25, 0.3) is 0 Å². The van der Waals surface area contributed by atoms with Crippen LogP contribution in [0.3, 0.4) is 0 Å². The van der Waals surface area contributed by atoms with Crippen molar-refractivity contribution in [2.24, 2.45) is 0 Å². The van der Waals surface area contributed by atoms with Crippen LogP contribution in [0, 0.1) is 13.8 Å². The molecule has 1 N–H and O–H groups in total. The second-order valence-corrected chi connectivity index (χ2v) is 5.91. The highest BCUT2D eigenvalue weighted by molar-refractivity contribution is 5.35. The van der Waals surface area contributed by atoms with Gasteiger partial charge in [0.15, 0.2) is 0 Å². The van der Waals surface area contributed by atoms with E-state index in [0.29, 0.717) is 12.3 Å². The molecule has 0 aliphatic heterocycles. The number of benzene rings is 2. The van der Waals surface area contributed by atoms with Crippen molar-refractivity contribution in [1.82, 2.24) is 0 Å². The maximum atomic E-state index is 10.5. The van der Waals surface area contributed by atoms with Crippen LogP contribution in [-0.2, 0) is 6.42 Å². The standard InChI is InChI=1S/C19H24O/c1-13(2)17-10-8-16(9-11-17)12-19(20)18-7-5-6-14(3)15(18)4/h5-11,13,19-20H,12H2,1-4H3. The van der Waals surface area contributed by atoms with E-state index in [2.05, 4.69) is 58.0 Å². The van der Waals surface area contributed by atoms with Gasteiger partial charge in [0.2, 0.25) is 0 Å². The predicted octanol–water partition coefficient (Wildman–Crippen LogP) is 4.70. The first-order valence-electron chi connectivity index (χ1n) is 7.32. The molecule has 0 saturated carbocycles. The van der Waals surface area contributed by atoms with Crippen molar-refractivity contribution in [1.29, 1.82) is 0 Å². The summed E-state index contributed by atoms with van der Waals surface area (Å²) in [6.07, 6.45) is 0.239. The summed E-state index contributed by atoms with van der Waals surface area (Å²) in [4.78, 5) is 0. The van der Waals surface area contributed by atoms with Crippen molar-refractivity contribution in [3.63, 3.8) is 0 Å². The first-order chi connectivity index (χ1) is 9.49. The maximum absolute atomic E-state index is 10.5. The molecule has 0 saturated heterocycles. The van der Waals surface area contributed by atoms with Gasteiger partial charge in [0.25, 0.3) is 0 Å². The van der Waals surface area contributed by atoms with Crippen molar-refractivity contribution >= 4 is 0 Å². The summed E-state index contributed by atoms with van der Waals surface area (Å²) in [5.41, 5.74) is 5.99. The molecule has 0 fully saturated rings. The summed E-state index contributed by atoms with van der Waals surface area (Å²) in [7, 11) is 0. The van der Waals surface area contributed by atoms with Crippen molar-refractivity contribution < 1.29 is 5.11 Å². The average molecular weight is 268 g/mol. The highest BCUT2D eigenvalue weighted by Gasteiger charge is 2.12. The lowest BCUT2D eigenvalue weighted by atomic mass is 9.94. The molecule has 0 heterocycles. The van der Waals surface area contributed by atoms with Gasteiger partial charge >= 0.3 is 0 Å². The summed E-state index contributed by atoms with van der Waals surface area (Å²) in [5.74, 6) is 0.549. The van der Waals surface area contributed by atoms with Gasteiger partial charge in [0, 0.05) is 6.42 Å². The summed E-state index contributed by atoms with van der Waals surface area (Å²) >= 11 is 0. The van der Waals surface area contributed by atoms with Gasteiger partial charge in [-0.2, -0.15) is 0 Å². The second kappa shape index (κ2) is 6.23. The Morgan fingerprint density at radius 3 is 2.20 bits per heavy atom. The molecule has 0 radical (unpaired) electrons. The molecule has 106 valence electrons. The molecule has 0 spiro atoms. The number of aliphatic hydroxyl groups excluding tert-OH is 1. The lowest BCUT2D eigenvalue weighted by Gasteiger charge is -2.16. The van der Waals surface area contributed by atoms with Gasteiger partial charge < -0.3 is 5.11 Å². The van der Waals surface area contributed by atoms with E-state index in [0.717, 1.165) is 5.56 Å². The van der Waals surface area contributed by atoms with Crippen molar-refractivity contribution in [3.8, 4) is 0 Å². The molecule has 2 aromatic carbocycles. The Bertz CT molecular complexity index is 567. The van der Waals surface area contributed by atoms with Gasteiger partial charge in [-0.05, 0) is 47.6 Å². The third-order valence-electron chi connectivity index (χ3n) is 4.08. The van der Waals surface area contributed by atoms with Crippen LogP contribution in [0.15, 0.2) is 42.5 Å². The van der Waals surface area contributed by atoms with Gasteiger partial charge in [-0.25, -0.2) is 0 Å². The molecule has 2 rings (SSSR count). The molecular weight excluding hydrogens is 244 g/mol. The number of aliphatic hydroxyl groups is 1. The third-order valence-corrected chi connectivity index (χ3v) is 4.08. The summed E-state index contributed by atoms with van der Waals surface area (Å²) in [6.45, 7) is 8.55. The minimum atomic E-state index is -0.431. The lowest BCUT2D eigenvalue weighted by molar-refractivity contribution is 0.177. The van der Waals surface area contributed by atoms with E-state index in [-0.39, 0.29) is 0 Å². The summed E-state index contributed by atoms with van der Waals surface area (Å²) < 4.78 is 0. The maximum Gasteiger partial charge on any atom is 0.0833 e. The number of aryl methyl sites for hydroxylation is 1. The van der Waals surface area contributed by atoms with E-state index in [4.69, 9.17) is 0 Å². The van der Waals surface area contributed by atoms with Crippen LogP contribution >= 0.6 is 0 Å². The summed E-state index contributed by atoms with van der Waals surface area (Å²) in [5, 5.41) is 10.5. The average Bonchev–Trinajstić information content (AvgIpc) is 2.42. The highest BCUT2D eigenvalue weighted by Crippen LogP contribution is 2.24. The van der Waals surface area contributed by atoms with Crippen LogP contribution in [0.5, 0.6) is 0 Å². The SMILES string of the molecule is Cc1cccc(C(O)Cc2ccc(C(C)C)cc2)c1C. The lowest BCUT2D eigenvalue weighted by Crippen LogP contribution is -2.05. The molecule has 0 aromatic heterocycles. The minimum absolute atomic E-state index is 0.431. The van der Waals surface area contributed by atoms with Crippen LogP contribution in [-0.4, -0.2) is 5.11 Å². The monoisotopic (exact) mass is 268 g/mol. The van der Waals surface area contributed by atoms with Gasteiger partial charge in [-0.1, -0.05) is 56.3 Å². The molecule has 0 aliphatic carbocycles. The molecule has 0 aliphatic rings. The van der Waals surface area contributed by atoms with Crippen molar-refractivity contribution in [2.45, 2.75) is 46.1 Å². The van der Waals surface area contributed by atoms with E-state index in [1.54, 1.807) is 0 Å². The van der Waals surface area contributed by atoms with Gasteiger partial charge in [0.1, 0.15) is 0 Å². The zero-order valence-electron chi connectivity index (χ0n) is 12.9. The van der Waals surface area contributed by atoms with E-state index >= 15 is 0 Å². The topological polar surface area (TPSA) is 20.2 Å². The Balaban J connectivity index is 2.15. The molecule has 1 heteroatoms. The zero-order valence-corrected chi connectivity index (χ0v) is 12.9. The van der Waals surface area contributed by atoms with Gasteiger partial charge in [-0.15, -0.1) is 0 Å². The smallest absolute Gasteiger partial charge is 0.0833 e. The fourth-order valence-electron chi connectivity index (χ4n) is 2.51. The first-order valence-corrected chi connectivity index (χ1v) is 7.32. The van der Waals surface area contributed by atoms with Crippen LogP contribution in [0.1, 0.15) is 53.7 Å². The Morgan fingerprint density at radius 2 is 1.60 bits per heavy atom. The molecule has 0 bridgehead atoms. The zero-order chi connectivity index (χ0) is 14.7. The predicted molar refractivity (Wildman–Crippen MR) is 85.1 cm³/mol. The van der Waals surface area contributed by atoms with Crippen molar-refractivity contribution in [2.75, 3.05) is 0 Å². The second-order valence-electron chi connectivity index (χ2n) is 5.91. The largest absolute Gasteiger partial charge is 0.388 e. The van der Waals surface area contributed by atoms with E-state index < -0.39 is 6.10 Å². The molecule has 2 aromatic rings. The van der Waals surface area contributed by atoms with Crippen LogP contribution in [0.2, 0.25) is 0 Å². The quantitative estimate of drug-likeness (QED) is 0.852. The molecule has 20 heavy (non-hydrogen) atoms. The molecule has 0 amide bonds. The molecule has 1 atom stereocenters. The van der Waals surface area contributed by atoms with E-state index in [9.17, 15) is 5.11 Å². The van der Waals surface area contributed by atoms with Gasteiger partial charge in [0.05, 0.1) is 6.10 Å². The Hall–Kier alpha value is -1.60. The number of hydrogen-bond acceptors (Lipinski definition) is 1. The first kappa shape index (κ1) is 14.8. The number of rotatable bonds is 4. The molecular formula is C19H24O. The highest BCUT2D eigenvalue weighted by atomic mass is 16.3.